The maximum absolute atomic E-state index is 12.3. The maximum atomic E-state index is 12.3. The predicted molar refractivity (Wildman–Crippen MR) is 137 cm³/mol. The van der Waals surface area contributed by atoms with Gasteiger partial charge in [0.05, 0.1) is 5.41 Å². The molecule has 4 heteroatoms. The van der Waals surface area contributed by atoms with E-state index in [0.717, 1.165) is 40.3 Å². The number of rotatable bonds is 7. The van der Waals surface area contributed by atoms with E-state index in [-0.39, 0.29) is 5.97 Å². The van der Waals surface area contributed by atoms with Gasteiger partial charge in [-0.15, -0.1) is 0 Å². The molecule has 4 nitrogen and oxygen atoms in total. The normalized spacial score (nSPS) is 12.4. The average Bonchev–Trinajstić information content (AvgIpc) is 2.82. The van der Waals surface area contributed by atoms with Crippen molar-refractivity contribution in [3.63, 3.8) is 0 Å². The van der Waals surface area contributed by atoms with E-state index >= 15 is 0 Å². The zero-order valence-corrected chi connectivity index (χ0v) is 20.0. The number of ether oxygens (including phenoxy) is 1. The highest BCUT2D eigenvalue weighted by atomic mass is 16.5. The Morgan fingerprint density at radius 1 is 0.824 bits per heavy atom. The fourth-order valence-corrected chi connectivity index (χ4v) is 3.56. The molecule has 3 aromatic carbocycles. The summed E-state index contributed by atoms with van der Waals surface area (Å²) in [6.07, 6.45) is 3.53. The standard InChI is InChI=1S/C30H30O4/c1-5-26(22-9-7-6-8-10-22)28(23-14-11-21(12-15-23)13-20-27(31)32)24-16-18-25(19-17-24)34-29(33)30(2,3)4/h6-20H,5H2,1-4H3,(H,31,32)/b20-13+,28-26+. The molecule has 0 bridgehead atoms. The molecule has 174 valence electrons. The van der Waals surface area contributed by atoms with Gasteiger partial charge >= 0.3 is 11.9 Å². The summed E-state index contributed by atoms with van der Waals surface area (Å²) in [4.78, 5) is 23.1. The monoisotopic (exact) mass is 454 g/mol. The minimum Gasteiger partial charge on any atom is -0.478 e. The molecule has 0 saturated heterocycles. The number of hydrogen-bond acceptors (Lipinski definition) is 3. The second-order valence-electron chi connectivity index (χ2n) is 9.03. The molecule has 0 atom stereocenters. The molecule has 0 aliphatic rings. The van der Waals surface area contributed by atoms with Crippen LogP contribution in [-0.2, 0) is 9.59 Å². The van der Waals surface area contributed by atoms with E-state index in [1.54, 1.807) is 6.08 Å². The predicted octanol–water partition coefficient (Wildman–Crippen LogP) is 7.11. The Morgan fingerprint density at radius 2 is 1.38 bits per heavy atom. The minimum absolute atomic E-state index is 0.278. The van der Waals surface area contributed by atoms with Gasteiger partial charge < -0.3 is 9.84 Å². The van der Waals surface area contributed by atoms with Crippen LogP contribution in [0.25, 0.3) is 17.2 Å². The molecule has 0 saturated carbocycles. The van der Waals surface area contributed by atoms with E-state index in [1.807, 2.05) is 87.5 Å². The van der Waals surface area contributed by atoms with Gasteiger partial charge in [0.25, 0.3) is 0 Å². The second-order valence-corrected chi connectivity index (χ2v) is 9.03. The molecule has 0 fully saturated rings. The fourth-order valence-electron chi connectivity index (χ4n) is 3.56. The molecular formula is C30H30O4. The van der Waals surface area contributed by atoms with Crippen molar-refractivity contribution < 1.29 is 19.4 Å². The van der Waals surface area contributed by atoms with Gasteiger partial charge in [-0.05, 0) is 78.8 Å². The van der Waals surface area contributed by atoms with Crippen LogP contribution in [0.3, 0.4) is 0 Å². The molecule has 0 aromatic heterocycles. The third kappa shape index (κ3) is 6.32. The molecule has 0 radical (unpaired) electrons. The topological polar surface area (TPSA) is 63.6 Å². The van der Waals surface area contributed by atoms with Gasteiger partial charge in [0.1, 0.15) is 5.75 Å². The summed E-state index contributed by atoms with van der Waals surface area (Å²) in [6.45, 7) is 7.61. The Balaban J connectivity index is 2.07. The molecule has 34 heavy (non-hydrogen) atoms. The van der Waals surface area contributed by atoms with Crippen molar-refractivity contribution in [3.8, 4) is 5.75 Å². The summed E-state index contributed by atoms with van der Waals surface area (Å²) >= 11 is 0. The van der Waals surface area contributed by atoms with Gasteiger partial charge in [0, 0.05) is 6.08 Å². The molecule has 3 aromatic rings. The lowest BCUT2D eigenvalue weighted by Crippen LogP contribution is -2.25. The Kier molecular flexibility index (Phi) is 7.85. The largest absolute Gasteiger partial charge is 0.478 e. The van der Waals surface area contributed by atoms with Crippen LogP contribution in [0.2, 0.25) is 0 Å². The Morgan fingerprint density at radius 3 is 1.88 bits per heavy atom. The third-order valence-corrected chi connectivity index (χ3v) is 5.36. The molecule has 0 aliphatic heterocycles. The lowest BCUT2D eigenvalue weighted by Gasteiger charge is -2.18. The highest BCUT2D eigenvalue weighted by Crippen LogP contribution is 2.35. The lowest BCUT2D eigenvalue weighted by molar-refractivity contribution is -0.143. The lowest BCUT2D eigenvalue weighted by atomic mass is 9.88. The summed E-state index contributed by atoms with van der Waals surface area (Å²) in [6, 6.07) is 25.7. The van der Waals surface area contributed by atoms with Crippen LogP contribution >= 0.6 is 0 Å². The number of carbonyl (C=O) groups excluding carboxylic acids is 1. The van der Waals surface area contributed by atoms with Crippen LogP contribution in [0.15, 0.2) is 84.9 Å². The molecule has 0 aliphatic carbocycles. The molecule has 0 heterocycles. The smallest absolute Gasteiger partial charge is 0.328 e. The number of benzene rings is 3. The molecule has 1 N–H and O–H groups in total. The second kappa shape index (κ2) is 10.8. The first-order chi connectivity index (χ1) is 16.2. The van der Waals surface area contributed by atoms with Crippen LogP contribution in [0.5, 0.6) is 5.75 Å². The molecule has 0 unspecified atom stereocenters. The van der Waals surface area contributed by atoms with Crippen molar-refractivity contribution >= 4 is 29.2 Å². The van der Waals surface area contributed by atoms with Gasteiger partial charge in [-0.25, -0.2) is 4.79 Å². The summed E-state index contributed by atoms with van der Waals surface area (Å²) < 4.78 is 5.54. The van der Waals surface area contributed by atoms with Crippen molar-refractivity contribution in [1.82, 2.24) is 0 Å². The zero-order chi connectivity index (χ0) is 24.7. The molecule has 0 amide bonds. The van der Waals surface area contributed by atoms with E-state index in [9.17, 15) is 9.59 Å². The van der Waals surface area contributed by atoms with Gasteiger partial charge in [-0.3, -0.25) is 4.79 Å². The Bertz CT molecular complexity index is 1190. The summed E-state index contributed by atoms with van der Waals surface area (Å²) in [5.74, 6) is -0.747. The highest BCUT2D eigenvalue weighted by molar-refractivity contribution is 5.98. The molecular weight excluding hydrogens is 424 g/mol. The van der Waals surface area contributed by atoms with Gasteiger partial charge in [0.15, 0.2) is 0 Å². The molecule has 0 spiro atoms. The quantitative estimate of drug-likeness (QED) is 0.179. The van der Waals surface area contributed by atoms with Crippen LogP contribution < -0.4 is 4.74 Å². The summed E-state index contributed by atoms with van der Waals surface area (Å²) in [5.41, 5.74) is 5.66. The number of carbonyl (C=O) groups is 2. The first-order valence-electron chi connectivity index (χ1n) is 11.3. The Labute approximate surface area is 201 Å². The van der Waals surface area contributed by atoms with E-state index < -0.39 is 11.4 Å². The minimum atomic E-state index is -0.978. The van der Waals surface area contributed by atoms with Gasteiger partial charge in [-0.1, -0.05) is 73.7 Å². The van der Waals surface area contributed by atoms with E-state index in [1.165, 1.54) is 5.57 Å². The summed E-state index contributed by atoms with van der Waals surface area (Å²) in [5, 5.41) is 8.89. The first kappa shape index (κ1) is 24.7. The number of aliphatic carboxylic acids is 1. The van der Waals surface area contributed by atoms with Crippen molar-refractivity contribution in [2.24, 2.45) is 5.41 Å². The number of esters is 1. The molecule has 3 rings (SSSR count). The van der Waals surface area contributed by atoms with Crippen LogP contribution in [0, 0.1) is 5.41 Å². The van der Waals surface area contributed by atoms with E-state index in [0.29, 0.717) is 5.75 Å². The van der Waals surface area contributed by atoms with Crippen LogP contribution in [-0.4, -0.2) is 17.0 Å². The number of carboxylic acid groups (broad SMARTS) is 1. The number of hydrogen-bond donors (Lipinski definition) is 1. The zero-order valence-electron chi connectivity index (χ0n) is 20.0. The first-order valence-corrected chi connectivity index (χ1v) is 11.3. The maximum Gasteiger partial charge on any atom is 0.328 e. The van der Waals surface area contributed by atoms with Crippen LogP contribution in [0.4, 0.5) is 0 Å². The fraction of sp³-hybridized carbons (Fsp3) is 0.200. The van der Waals surface area contributed by atoms with E-state index in [2.05, 4.69) is 19.1 Å². The van der Waals surface area contributed by atoms with Crippen molar-refractivity contribution in [2.75, 3.05) is 0 Å². The SMILES string of the molecule is CC/C(=C(/c1ccc(/C=C/C(=O)O)cc1)c1ccc(OC(=O)C(C)(C)C)cc1)c1ccccc1. The number of allylic oxidation sites excluding steroid dienone is 1. The van der Waals surface area contributed by atoms with Crippen molar-refractivity contribution in [3.05, 3.63) is 107 Å². The van der Waals surface area contributed by atoms with Crippen LogP contribution in [0.1, 0.15) is 56.4 Å². The number of carboxylic acids is 1. The average molecular weight is 455 g/mol. The highest BCUT2D eigenvalue weighted by Gasteiger charge is 2.23. The Hall–Kier alpha value is -3.92. The van der Waals surface area contributed by atoms with Crippen molar-refractivity contribution in [2.45, 2.75) is 34.1 Å². The third-order valence-electron chi connectivity index (χ3n) is 5.36. The van der Waals surface area contributed by atoms with Crippen molar-refractivity contribution in [1.29, 1.82) is 0 Å². The van der Waals surface area contributed by atoms with E-state index in [4.69, 9.17) is 9.84 Å². The van der Waals surface area contributed by atoms with Gasteiger partial charge in [0.2, 0.25) is 0 Å². The van der Waals surface area contributed by atoms with Gasteiger partial charge in [-0.2, -0.15) is 0 Å². The summed E-state index contributed by atoms with van der Waals surface area (Å²) in [7, 11) is 0.